The number of nitriles is 1. The summed E-state index contributed by atoms with van der Waals surface area (Å²) in [6.07, 6.45) is 0. The van der Waals surface area contributed by atoms with Crippen molar-refractivity contribution in [1.29, 1.82) is 5.26 Å². The van der Waals surface area contributed by atoms with E-state index in [1.54, 1.807) is 12.1 Å². The van der Waals surface area contributed by atoms with Crippen molar-refractivity contribution in [2.45, 2.75) is 19.8 Å². The zero-order chi connectivity index (χ0) is 21.3. The number of benzene rings is 3. The van der Waals surface area contributed by atoms with E-state index in [2.05, 4.69) is 11.4 Å². The molecule has 1 amide bonds. The fourth-order valence-electron chi connectivity index (χ4n) is 3.28. The Kier molecular flexibility index (Phi) is 7.07. The van der Waals surface area contributed by atoms with Crippen LogP contribution in [0.5, 0.6) is 11.5 Å². The number of amides is 1. The SMILES string of the molecule is CCOc1cc(C#N)c(NC(=O)C(c2ccccc2)c2ccccc2)cc1OCC. The molecular weight excluding hydrogens is 376 g/mol. The summed E-state index contributed by atoms with van der Waals surface area (Å²) in [5.74, 6) is 0.234. The molecule has 30 heavy (non-hydrogen) atoms. The molecule has 5 nitrogen and oxygen atoms in total. The van der Waals surface area contributed by atoms with Gasteiger partial charge in [-0.05, 0) is 25.0 Å². The average Bonchev–Trinajstić information content (AvgIpc) is 2.77. The zero-order valence-corrected chi connectivity index (χ0v) is 17.1. The lowest BCUT2D eigenvalue weighted by molar-refractivity contribution is -0.116. The van der Waals surface area contributed by atoms with Crippen molar-refractivity contribution >= 4 is 11.6 Å². The van der Waals surface area contributed by atoms with Gasteiger partial charge in [-0.3, -0.25) is 4.79 Å². The summed E-state index contributed by atoms with van der Waals surface area (Å²) in [5, 5.41) is 12.5. The van der Waals surface area contributed by atoms with E-state index in [1.165, 1.54) is 0 Å². The number of rotatable bonds is 8. The third kappa shape index (κ3) is 4.79. The van der Waals surface area contributed by atoms with Crippen LogP contribution in [0.25, 0.3) is 0 Å². The molecule has 0 radical (unpaired) electrons. The number of anilines is 1. The molecule has 0 fully saturated rings. The molecule has 5 heteroatoms. The second kappa shape index (κ2) is 10.1. The molecule has 0 aliphatic rings. The van der Waals surface area contributed by atoms with Gasteiger partial charge in [0, 0.05) is 12.1 Å². The number of ether oxygens (including phenoxy) is 2. The largest absolute Gasteiger partial charge is 0.490 e. The molecule has 0 heterocycles. The molecule has 0 saturated heterocycles. The molecule has 0 unspecified atom stereocenters. The highest BCUT2D eigenvalue weighted by Gasteiger charge is 2.24. The van der Waals surface area contributed by atoms with E-state index in [0.717, 1.165) is 11.1 Å². The zero-order valence-electron chi connectivity index (χ0n) is 17.1. The summed E-state index contributed by atoms with van der Waals surface area (Å²) < 4.78 is 11.2. The molecule has 0 bridgehead atoms. The molecule has 0 atom stereocenters. The van der Waals surface area contributed by atoms with E-state index in [9.17, 15) is 10.1 Å². The number of carbonyl (C=O) groups excluding carboxylic acids is 1. The minimum atomic E-state index is -0.513. The Labute approximate surface area is 176 Å². The van der Waals surface area contributed by atoms with Crippen LogP contribution in [-0.2, 0) is 4.79 Å². The maximum absolute atomic E-state index is 13.4. The van der Waals surface area contributed by atoms with Crippen LogP contribution >= 0.6 is 0 Å². The molecule has 0 saturated carbocycles. The van der Waals surface area contributed by atoms with E-state index in [4.69, 9.17) is 9.47 Å². The van der Waals surface area contributed by atoms with Gasteiger partial charge < -0.3 is 14.8 Å². The topological polar surface area (TPSA) is 71.3 Å². The van der Waals surface area contributed by atoms with Crippen LogP contribution < -0.4 is 14.8 Å². The summed E-state index contributed by atoms with van der Waals surface area (Å²) in [7, 11) is 0. The molecule has 0 aromatic heterocycles. The smallest absolute Gasteiger partial charge is 0.236 e. The standard InChI is InChI=1S/C25H24N2O3/c1-3-29-22-15-20(17-26)21(16-23(22)30-4-2)27-25(28)24(18-11-7-5-8-12-18)19-13-9-6-10-14-19/h5-16,24H,3-4H2,1-2H3,(H,27,28). The van der Waals surface area contributed by atoms with Gasteiger partial charge in [-0.2, -0.15) is 5.26 Å². The maximum atomic E-state index is 13.4. The molecular formula is C25H24N2O3. The number of carbonyl (C=O) groups is 1. The van der Waals surface area contributed by atoms with Crippen molar-refractivity contribution in [2.24, 2.45) is 0 Å². The minimum Gasteiger partial charge on any atom is -0.490 e. The third-order valence-corrected chi connectivity index (χ3v) is 4.59. The number of nitrogens with zero attached hydrogens (tertiary/aromatic N) is 1. The Morgan fingerprint density at radius 2 is 1.40 bits per heavy atom. The lowest BCUT2D eigenvalue weighted by atomic mass is 9.90. The first-order chi connectivity index (χ1) is 14.7. The van der Waals surface area contributed by atoms with Gasteiger partial charge in [0.2, 0.25) is 5.91 Å². The molecule has 3 rings (SSSR count). The Morgan fingerprint density at radius 3 is 1.87 bits per heavy atom. The molecule has 0 spiro atoms. The number of hydrogen-bond donors (Lipinski definition) is 1. The Hall–Kier alpha value is -3.78. The van der Waals surface area contributed by atoms with Crippen LogP contribution in [0.2, 0.25) is 0 Å². The molecule has 1 N–H and O–H groups in total. The Bertz CT molecular complexity index is 988. The highest BCUT2D eigenvalue weighted by molar-refractivity contribution is 5.99. The average molecular weight is 400 g/mol. The van der Waals surface area contributed by atoms with Gasteiger partial charge in [0.05, 0.1) is 30.4 Å². The quantitative estimate of drug-likeness (QED) is 0.569. The Morgan fingerprint density at radius 1 is 0.900 bits per heavy atom. The van der Waals surface area contributed by atoms with Crippen molar-refractivity contribution in [1.82, 2.24) is 0 Å². The number of hydrogen-bond acceptors (Lipinski definition) is 4. The second-order valence-electron chi connectivity index (χ2n) is 6.57. The monoisotopic (exact) mass is 400 g/mol. The van der Waals surface area contributed by atoms with Gasteiger partial charge in [0.15, 0.2) is 11.5 Å². The first-order valence-corrected chi connectivity index (χ1v) is 9.92. The van der Waals surface area contributed by atoms with E-state index in [0.29, 0.717) is 36.0 Å². The van der Waals surface area contributed by atoms with Crippen LogP contribution in [0, 0.1) is 11.3 Å². The Balaban J connectivity index is 2.00. The van der Waals surface area contributed by atoms with Gasteiger partial charge in [0.1, 0.15) is 6.07 Å². The van der Waals surface area contributed by atoms with Crippen LogP contribution in [0.15, 0.2) is 72.8 Å². The van der Waals surface area contributed by atoms with Crippen LogP contribution in [0.4, 0.5) is 5.69 Å². The van der Waals surface area contributed by atoms with E-state index >= 15 is 0 Å². The van der Waals surface area contributed by atoms with Crippen molar-refractivity contribution < 1.29 is 14.3 Å². The summed E-state index contributed by atoms with van der Waals surface area (Å²) >= 11 is 0. The number of nitrogens with one attached hydrogen (secondary N) is 1. The van der Waals surface area contributed by atoms with Gasteiger partial charge in [-0.1, -0.05) is 60.7 Å². The van der Waals surface area contributed by atoms with Crippen molar-refractivity contribution in [3.05, 3.63) is 89.5 Å². The summed E-state index contributed by atoms with van der Waals surface area (Å²) in [5.41, 5.74) is 2.45. The minimum absolute atomic E-state index is 0.226. The van der Waals surface area contributed by atoms with E-state index < -0.39 is 5.92 Å². The first kappa shape index (κ1) is 20.9. The maximum Gasteiger partial charge on any atom is 0.236 e. The van der Waals surface area contributed by atoms with Crippen molar-refractivity contribution in [3.8, 4) is 17.6 Å². The van der Waals surface area contributed by atoms with Gasteiger partial charge in [-0.25, -0.2) is 0 Å². The molecule has 0 aliphatic heterocycles. The van der Waals surface area contributed by atoms with Crippen LogP contribution in [-0.4, -0.2) is 19.1 Å². The highest BCUT2D eigenvalue weighted by Crippen LogP contribution is 2.35. The summed E-state index contributed by atoms with van der Waals surface area (Å²) in [6, 6.07) is 24.5. The molecule has 0 aliphatic carbocycles. The fourth-order valence-corrected chi connectivity index (χ4v) is 3.28. The van der Waals surface area contributed by atoms with Gasteiger partial charge in [-0.15, -0.1) is 0 Å². The van der Waals surface area contributed by atoms with Crippen LogP contribution in [0.1, 0.15) is 36.5 Å². The second-order valence-corrected chi connectivity index (χ2v) is 6.57. The summed E-state index contributed by atoms with van der Waals surface area (Å²) in [4.78, 5) is 13.4. The normalized spacial score (nSPS) is 10.3. The van der Waals surface area contributed by atoms with E-state index in [-0.39, 0.29) is 5.91 Å². The van der Waals surface area contributed by atoms with Crippen molar-refractivity contribution in [2.75, 3.05) is 18.5 Å². The highest BCUT2D eigenvalue weighted by atomic mass is 16.5. The molecule has 3 aromatic carbocycles. The van der Waals surface area contributed by atoms with Crippen molar-refractivity contribution in [3.63, 3.8) is 0 Å². The predicted molar refractivity (Wildman–Crippen MR) is 117 cm³/mol. The van der Waals surface area contributed by atoms with Crippen LogP contribution in [0.3, 0.4) is 0 Å². The lowest BCUT2D eigenvalue weighted by Gasteiger charge is -2.19. The van der Waals surface area contributed by atoms with Gasteiger partial charge in [0.25, 0.3) is 0 Å². The predicted octanol–water partition coefficient (Wildman–Crippen LogP) is 5.13. The fraction of sp³-hybridized carbons (Fsp3) is 0.200. The van der Waals surface area contributed by atoms with Gasteiger partial charge >= 0.3 is 0 Å². The third-order valence-electron chi connectivity index (χ3n) is 4.59. The molecule has 3 aromatic rings. The molecule has 152 valence electrons. The summed E-state index contributed by atoms with van der Waals surface area (Å²) in [6.45, 7) is 4.62. The lowest BCUT2D eigenvalue weighted by Crippen LogP contribution is -2.22. The van der Waals surface area contributed by atoms with E-state index in [1.807, 2.05) is 74.5 Å². The first-order valence-electron chi connectivity index (χ1n) is 9.92.